The van der Waals surface area contributed by atoms with E-state index in [2.05, 4.69) is 25.3 Å². The molecular weight excluding hydrogens is 182 g/mol. The first-order chi connectivity index (χ1) is 4.91. The quantitative estimate of drug-likeness (QED) is 0.243. The molecule has 0 fully saturated rings. The van der Waals surface area contributed by atoms with Crippen LogP contribution in [-0.2, 0) is 9.47 Å². The van der Waals surface area contributed by atoms with Crippen LogP contribution in [0.25, 0.3) is 0 Å². The predicted octanol–water partition coefficient (Wildman–Crippen LogP) is -4.89. The van der Waals surface area contributed by atoms with Gasteiger partial charge in [-0.2, -0.15) is 25.3 Å². The molecule has 0 aromatic heterocycles. The van der Waals surface area contributed by atoms with Gasteiger partial charge in [0.25, 0.3) is 0 Å². The van der Waals surface area contributed by atoms with Gasteiger partial charge in [-0.25, -0.2) is 0 Å². The first-order valence-corrected chi connectivity index (χ1v) is 4.55. The third-order valence-electron chi connectivity index (χ3n) is 0.843. The van der Waals surface area contributed by atoms with Crippen molar-refractivity contribution in [3.05, 3.63) is 0 Å². The number of ether oxygens (including phenoxy) is 2. The van der Waals surface area contributed by atoms with E-state index < -0.39 is 0 Å². The largest absolute Gasteiger partial charge is 1.00 e. The predicted molar refractivity (Wildman–Crippen MR) is 51.6 cm³/mol. The summed E-state index contributed by atoms with van der Waals surface area (Å²) in [6, 6.07) is 0. The number of thiol groups is 2. The number of hydrogen-bond donors (Lipinski definition) is 2. The SMILES string of the molecule is SCCOCCOCCS.[H-].[H-].[Li+].[Li+]. The summed E-state index contributed by atoms with van der Waals surface area (Å²) in [5, 5.41) is 0. The second-order valence-electron chi connectivity index (χ2n) is 1.67. The summed E-state index contributed by atoms with van der Waals surface area (Å²) in [7, 11) is 0. The molecule has 0 aromatic rings. The third kappa shape index (κ3) is 17.8. The van der Waals surface area contributed by atoms with Crippen LogP contribution in [0.2, 0.25) is 0 Å². The van der Waals surface area contributed by atoms with Gasteiger partial charge >= 0.3 is 37.7 Å². The van der Waals surface area contributed by atoms with Gasteiger partial charge in [-0.3, -0.25) is 0 Å². The molecule has 66 valence electrons. The Hall–Kier alpha value is 1.81. The van der Waals surface area contributed by atoms with Crippen molar-refractivity contribution in [2.24, 2.45) is 0 Å². The van der Waals surface area contributed by atoms with E-state index in [-0.39, 0.29) is 40.6 Å². The Kier molecular flexibility index (Phi) is 30.0. The molecule has 0 heterocycles. The molecule has 0 radical (unpaired) electrons. The van der Waals surface area contributed by atoms with Crippen molar-refractivity contribution in [1.82, 2.24) is 0 Å². The fourth-order valence-corrected chi connectivity index (χ4v) is 0.709. The maximum absolute atomic E-state index is 5.10. The summed E-state index contributed by atoms with van der Waals surface area (Å²) in [5.41, 5.74) is 0. The summed E-state index contributed by atoms with van der Waals surface area (Å²) in [5.74, 6) is 1.54. The van der Waals surface area contributed by atoms with Crippen LogP contribution in [0, 0.1) is 0 Å². The molecule has 2 nitrogen and oxygen atoms in total. The summed E-state index contributed by atoms with van der Waals surface area (Å²) in [4.78, 5) is 0. The van der Waals surface area contributed by atoms with E-state index in [1.807, 2.05) is 0 Å². The Balaban J connectivity index is -0.0000000675. The first kappa shape index (κ1) is 19.4. The Morgan fingerprint density at radius 1 is 0.750 bits per heavy atom. The fraction of sp³-hybridized carbons (Fsp3) is 1.00. The Morgan fingerprint density at radius 3 is 1.33 bits per heavy atom. The topological polar surface area (TPSA) is 18.5 Å². The van der Waals surface area contributed by atoms with E-state index in [4.69, 9.17) is 9.47 Å². The zero-order valence-electron chi connectivity index (χ0n) is 9.95. The average Bonchev–Trinajstić information content (AvgIpc) is 1.97. The minimum absolute atomic E-state index is 0. The zero-order chi connectivity index (χ0) is 7.66. The molecule has 0 N–H and O–H groups in total. The van der Waals surface area contributed by atoms with Gasteiger partial charge in [0.1, 0.15) is 0 Å². The van der Waals surface area contributed by atoms with Crippen LogP contribution in [0.4, 0.5) is 0 Å². The van der Waals surface area contributed by atoms with Crippen LogP contribution in [0.15, 0.2) is 0 Å². The van der Waals surface area contributed by atoms with Crippen LogP contribution in [-0.4, -0.2) is 37.9 Å². The summed E-state index contributed by atoms with van der Waals surface area (Å²) in [6.45, 7) is 2.73. The molecule has 0 amide bonds. The zero-order valence-corrected chi connectivity index (χ0v) is 9.74. The molecule has 0 atom stereocenters. The fourth-order valence-electron chi connectivity index (χ4n) is 0.451. The van der Waals surface area contributed by atoms with E-state index in [1.165, 1.54) is 0 Å². The molecule has 0 aliphatic carbocycles. The molecule has 0 saturated heterocycles. The maximum atomic E-state index is 5.10. The number of hydrogen-bond acceptors (Lipinski definition) is 4. The molecular formula is C6H16Li2O2S2. The van der Waals surface area contributed by atoms with Gasteiger partial charge in [-0.15, -0.1) is 0 Å². The Morgan fingerprint density at radius 2 is 1.08 bits per heavy atom. The van der Waals surface area contributed by atoms with E-state index in [0.29, 0.717) is 26.4 Å². The molecule has 6 heteroatoms. The Bertz CT molecular complexity index is 69.8. The molecule has 0 rings (SSSR count). The summed E-state index contributed by atoms with van der Waals surface area (Å²) < 4.78 is 10.2. The van der Waals surface area contributed by atoms with Crippen LogP contribution >= 0.6 is 25.3 Å². The van der Waals surface area contributed by atoms with E-state index in [9.17, 15) is 0 Å². The summed E-state index contributed by atoms with van der Waals surface area (Å²) >= 11 is 7.97. The van der Waals surface area contributed by atoms with Gasteiger partial charge in [0.2, 0.25) is 0 Å². The molecule has 0 saturated carbocycles. The standard InChI is InChI=1S/C6H14O2S2.2Li.2H/c9-5-3-7-1-2-8-4-6-10;;;;/h9-10H,1-6H2;;;;/q;2*+1;2*-1. The van der Waals surface area contributed by atoms with Crippen LogP contribution in [0.1, 0.15) is 2.85 Å². The first-order valence-electron chi connectivity index (χ1n) is 3.29. The van der Waals surface area contributed by atoms with Gasteiger partial charge in [-0.05, 0) is 0 Å². The smallest absolute Gasteiger partial charge is 1.00 e. The van der Waals surface area contributed by atoms with Crippen LogP contribution in [0.3, 0.4) is 0 Å². The molecule has 0 aromatic carbocycles. The van der Waals surface area contributed by atoms with Gasteiger partial charge in [0.15, 0.2) is 0 Å². The molecule has 0 unspecified atom stereocenters. The maximum Gasteiger partial charge on any atom is 1.00 e. The van der Waals surface area contributed by atoms with Crippen molar-refractivity contribution >= 4 is 25.3 Å². The monoisotopic (exact) mass is 198 g/mol. The van der Waals surface area contributed by atoms with E-state index >= 15 is 0 Å². The summed E-state index contributed by atoms with van der Waals surface area (Å²) in [6.07, 6.45) is 0. The molecule has 0 bridgehead atoms. The van der Waals surface area contributed by atoms with Crippen molar-refractivity contribution in [2.75, 3.05) is 37.9 Å². The molecule has 0 spiro atoms. The van der Waals surface area contributed by atoms with Gasteiger partial charge in [0.05, 0.1) is 26.4 Å². The molecule has 0 aliphatic rings. The van der Waals surface area contributed by atoms with E-state index in [0.717, 1.165) is 11.5 Å². The minimum atomic E-state index is 0. The van der Waals surface area contributed by atoms with E-state index in [1.54, 1.807) is 0 Å². The molecule has 12 heavy (non-hydrogen) atoms. The van der Waals surface area contributed by atoms with Crippen LogP contribution < -0.4 is 37.7 Å². The van der Waals surface area contributed by atoms with Gasteiger partial charge < -0.3 is 12.3 Å². The normalized spacial score (nSPS) is 8.50. The van der Waals surface area contributed by atoms with Gasteiger partial charge in [-0.1, -0.05) is 0 Å². The van der Waals surface area contributed by atoms with Crippen LogP contribution in [0.5, 0.6) is 0 Å². The Labute approximate surface area is 113 Å². The van der Waals surface area contributed by atoms with Crippen molar-refractivity contribution in [1.29, 1.82) is 0 Å². The second-order valence-corrected chi connectivity index (χ2v) is 2.57. The molecule has 0 aliphatic heterocycles. The minimum Gasteiger partial charge on any atom is -1.00 e. The average molecular weight is 198 g/mol. The van der Waals surface area contributed by atoms with Crippen molar-refractivity contribution < 1.29 is 50.0 Å². The van der Waals surface area contributed by atoms with Crippen molar-refractivity contribution in [3.63, 3.8) is 0 Å². The van der Waals surface area contributed by atoms with Gasteiger partial charge in [0, 0.05) is 11.5 Å². The second kappa shape index (κ2) is 18.6. The van der Waals surface area contributed by atoms with Crippen molar-refractivity contribution in [2.45, 2.75) is 0 Å². The number of rotatable bonds is 7. The third-order valence-corrected chi connectivity index (χ3v) is 1.21. The van der Waals surface area contributed by atoms with Crippen molar-refractivity contribution in [3.8, 4) is 0 Å².